The molecule has 6 heteroatoms. The number of hydrogen-bond acceptors (Lipinski definition) is 6. The first kappa shape index (κ1) is 79.1. The van der Waals surface area contributed by atoms with Crippen LogP contribution in [-0.4, -0.2) is 37.2 Å². The number of rotatable bonds is 67. The molecule has 0 aromatic carbocycles. The first-order valence-corrected chi connectivity index (χ1v) is 36.3. The molecule has 0 aliphatic carbocycles. The van der Waals surface area contributed by atoms with Crippen LogP contribution in [0.1, 0.15) is 387 Å². The lowest BCUT2D eigenvalue weighted by molar-refractivity contribution is -0.167. The summed E-state index contributed by atoms with van der Waals surface area (Å²) < 4.78 is 17.0. The van der Waals surface area contributed by atoms with Crippen molar-refractivity contribution < 1.29 is 28.6 Å². The lowest BCUT2D eigenvalue weighted by Gasteiger charge is -2.18. The summed E-state index contributed by atoms with van der Waals surface area (Å²) in [6, 6.07) is 0. The Morgan fingerprint density at radius 2 is 0.476 bits per heavy atom. The monoisotopic (exact) mass is 1150 g/mol. The second-order valence-corrected chi connectivity index (χ2v) is 24.5. The van der Waals surface area contributed by atoms with Crippen molar-refractivity contribution >= 4 is 17.9 Å². The number of unbranched alkanes of at least 4 members (excludes halogenated alkanes) is 46. The van der Waals surface area contributed by atoms with E-state index in [-0.39, 0.29) is 31.1 Å². The third-order valence-electron chi connectivity index (χ3n) is 16.3. The SMILES string of the molecule is CC/C=C\C/C=C\C/C=C\C/C=C\C/C=C\CCCCCCCC(=O)OC(COC(=O)CCCCCCCCCCCCCCCCCC)COC(=O)CCCCCCCCCCCCCCCCCCCCCCCCCCCCC. The van der Waals surface area contributed by atoms with Crippen LogP contribution in [0.4, 0.5) is 0 Å². The largest absolute Gasteiger partial charge is 0.462 e. The van der Waals surface area contributed by atoms with Crippen LogP contribution < -0.4 is 0 Å². The van der Waals surface area contributed by atoms with Crippen molar-refractivity contribution in [3.63, 3.8) is 0 Å². The molecule has 0 aliphatic rings. The molecule has 82 heavy (non-hydrogen) atoms. The van der Waals surface area contributed by atoms with Gasteiger partial charge in [-0.2, -0.15) is 0 Å². The second kappa shape index (κ2) is 70.6. The fourth-order valence-corrected chi connectivity index (χ4v) is 10.9. The average Bonchev–Trinajstić information content (AvgIpc) is 3.48. The highest BCUT2D eigenvalue weighted by Gasteiger charge is 2.19. The first-order chi connectivity index (χ1) is 40.5. The van der Waals surface area contributed by atoms with E-state index in [1.807, 2.05) is 0 Å². The van der Waals surface area contributed by atoms with E-state index in [9.17, 15) is 14.4 Å². The number of carbonyl (C=O) groups excluding carboxylic acids is 3. The Labute approximate surface area is 510 Å². The number of hydrogen-bond donors (Lipinski definition) is 0. The summed E-state index contributed by atoms with van der Waals surface area (Å²) in [6.45, 7) is 6.59. The van der Waals surface area contributed by atoms with Crippen molar-refractivity contribution in [3.8, 4) is 0 Å². The summed E-state index contributed by atoms with van der Waals surface area (Å²) in [7, 11) is 0. The lowest BCUT2D eigenvalue weighted by atomic mass is 10.0. The van der Waals surface area contributed by atoms with Crippen molar-refractivity contribution in [2.75, 3.05) is 13.2 Å². The van der Waals surface area contributed by atoms with Gasteiger partial charge in [0.25, 0.3) is 0 Å². The molecule has 0 bridgehead atoms. The molecule has 6 nitrogen and oxygen atoms in total. The molecule has 0 spiro atoms. The highest BCUT2D eigenvalue weighted by atomic mass is 16.6. The molecular formula is C76H138O6. The van der Waals surface area contributed by atoms with Crippen LogP contribution in [0.5, 0.6) is 0 Å². The third kappa shape index (κ3) is 67.9. The zero-order valence-electron chi connectivity index (χ0n) is 55.0. The smallest absolute Gasteiger partial charge is 0.306 e. The fourth-order valence-electron chi connectivity index (χ4n) is 10.9. The summed E-state index contributed by atoms with van der Waals surface area (Å²) >= 11 is 0. The van der Waals surface area contributed by atoms with E-state index in [0.717, 1.165) is 109 Å². The summed E-state index contributed by atoms with van der Waals surface area (Å²) in [6.07, 6.45) is 91.1. The van der Waals surface area contributed by atoms with E-state index in [4.69, 9.17) is 14.2 Å². The number of esters is 3. The van der Waals surface area contributed by atoms with Crippen LogP contribution in [0.15, 0.2) is 60.8 Å². The Morgan fingerprint density at radius 3 is 0.744 bits per heavy atom. The van der Waals surface area contributed by atoms with Gasteiger partial charge in [-0.25, -0.2) is 0 Å². The molecule has 0 fully saturated rings. The maximum absolute atomic E-state index is 13.0. The molecule has 0 saturated carbocycles. The molecule has 0 heterocycles. The normalized spacial score (nSPS) is 12.4. The Kier molecular flexibility index (Phi) is 68.1. The first-order valence-electron chi connectivity index (χ1n) is 36.3. The molecule has 1 unspecified atom stereocenters. The minimum Gasteiger partial charge on any atom is -0.462 e. The van der Waals surface area contributed by atoms with Gasteiger partial charge in [0.15, 0.2) is 6.10 Å². The van der Waals surface area contributed by atoms with Gasteiger partial charge in [0.2, 0.25) is 0 Å². The molecular weight excluding hydrogens is 1010 g/mol. The molecule has 0 aromatic heterocycles. The summed E-state index contributed by atoms with van der Waals surface area (Å²) in [5.41, 5.74) is 0. The number of allylic oxidation sites excluding steroid dienone is 10. The quantitative estimate of drug-likeness (QED) is 0.0261. The van der Waals surface area contributed by atoms with Crippen molar-refractivity contribution in [1.82, 2.24) is 0 Å². The van der Waals surface area contributed by atoms with Crippen LogP contribution in [0.3, 0.4) is 0 Å². The minimum atomic E-state index is -0.784. The van der Waals surface area contributed by atoms with E-state index in [1.165, 1.54) is 238 Å². The molecule has 0 aliphatic heterocycles. The third-order valence-corrected chi connectivity index (χ3v) is 16.3. The van der Waals surface area contributed by atoms with Crippen LogP contribution >= 0.6 is 0 Å². The van der Waals surface area contributed by atoms with E-state index < -0.39 is 6.10 Å². The molecule has 0 saturated heterocycles. The standard InChI is InChI=1S/C76H138O6/c1-4-7-10-13-16-19-22-25-28-31-33-35-36-37-38-39-40-42-43-45-48-51-54-57-60-63-66-69-75(78)81-72-73(71-80-74(77)68-65-62-59-56-53-50-47-30-27-24-21-18-15-12-9-6-3)82-76(79)70-67-64-61-58-55-52-49-46-44-41-34-32-29-26-23-20-17-14-11-8-5-2/h8,11,17,20,26,29,34,41,46,49,73H,4-7,9-10,12-16,18-19,21-25,27-28,30-33,35-40,42-45,47-48,50-72H2,1-3H3/b11-8-,20-17-,29-26-,41-34-,49-46-. The molecule has 478 valence electrons. The van der Waals surface area contributed by atoms with Crippen LogP contribution in [0, 0.1) is 0 Å². The van der Waals surface area contributed by atoms with Crippen LogP contribution in [0.2, 0.25) is 0 Å². The van der Waals surface area contributed by atoms with Crippen molar-refractivity contribution in [3.05, 3.63) is 60.8 Å². The van der Waals surface area contributed by atoms with Crippen molar-refractivity contribution in [1.29, 1.82) is 0 Å². The van der Waals surface area contributed by atoms with Crippen molar-refractivity contribution in [2.45, 2.75) is 393 Å². The number of ether oxygens (including phenoxy) is 3. The highest BCUT2D eigenvalue weighted by molar-refractivity contribution is 5.71. The van der Waals surface area contributed by atoms with Gasteiger partial charge in [-0.05, 0) is 64.2 Å². The van der Waals surface area contributed by atoms with Gasteiger partial charge >= 0.3 is 17.9 Å². The molecule has 1 atom stereocenters. The Hall–Kier alpha value is -2.89. The van der Waals surface area contributed by atoms with Gasteiger partial charge in [-0.3, -0.25) is 14.4 Å². The van der Waals surface area contributed by atoms with Gasteiger partial charge in [0.1, 0.15) is 13.2 Å². The van der Waals surface area contributed by atoms with Gasteiger partial charge in [-0.1, -0.05) is 364 Å². The predicted molar refractivity (Wildman–Crippen MR) is 358 cm³/mol. The minimum absolute atomic E-state index is 0.0772. The van der Waals surface area contributed by atoms with Gasteiger partial charge in [0, 0.05) is 19.3 Å². The van der Waals surface area contributed by atoms with Crippen LogP contribution in [0.25, 0.3) is 0 Å². The maximum Gasteiger partial charge on any atom is 0.306 e. The van der Waals surface area contributed by atoms with Gasteiger partial charge in [-0.15, -0.1) is 0 Å². The Bertz CT molecular complexity index is 1460. The summed E-state index contributed by atoms with van der Waals surface area (Å²) in [4.78, 5) is 38.5. The van der Waals surface area contributed by atoms with Gasteiger partial charge in [0.05, 0.1) is 0 Å². The zero-order valence-corrected chi connectivity index (χ0v) is 55.0. The lowest BCUT2D eigenvalue weighted by Crippen LogP contribution is -2.30. The maximum atomic E-state index is 13.0. The molecule has 0 amide bonds. The van der Waals surface area contributed by atoms with E-state index in [0.29, 0.717) is 19.3 Å². The highest BCUT2D eigenvalue weighted by Crippen LogP contribution is 2.19. The predicted octanol–water partition coefficient (Wildman–Crippen LogP) is 25.1. The van der Waals surface area contributed by atoms with Crippen LogP contribution in [-0.2, 0) is 28.6 Å². The molecule has 0 radical (unpaired) electrons. The Balaban J connectivity index is 4.29. The fraction of sp³-hybridized carbons (Fsp3) is 0.829. The van der Waals surface area contributed by atoms with Gasteiger partial charge < -0.3 is 14.2 Å². The van der Waals surface area contributed by atoms with E-state index >= 15 is 0 Å². The molecule has 0 aromatic rings. The second-order valence-electron chi connectivity index (χ2n) is 24.5. The van der Waals surface area contributed by atoms with E-state index in [1.54, 1.807) is 0 Å². The average molecular weight is 1150 g/mol. The molecule has 0 N–H and O–H groups in total. The summed E-state index contributed by atoms with van der Waals surface area (Å²) in [5, 5.41) is 0. The van der Waals surface area contributed by atoms with E-state index in [2.05, 4.69) is 81.5 Å². The topological polar surface area (TPSA) is 78.9 Å². The Morgan fingerprint density at radius 1 is 0.256 bits per heavy atom. The summed E-state index contributed by atoms with van der Waals surface area (Å²) in [5.74, 6) is -0.868. The zero-order chi connectivity index (χ0) is 59.2. The van der Waals surface area contributed by atoms with Crippen molar-refractivity contribution in [2.24, 2.45) is 0 Å². The molecule has 0 rings (SSSR count). The number of carbonyl (C=O) groups is 3.